The van der Waals surface area contributed by atoms with E-state index in [9.17, 15) is 0 Å². The maximum Gasteiger partial charge on any atom is 0.125 e. The summed E-state index contributed by atoms with van der Waals surface area (Å²) in [5, 5.41) is 0. The first-order chi connectivity index (χ1) is 7.16. The molecule has 82 valence electrons. The fourth-order valence-corrected chi connectivity index (χ4v) is 2.03. The van der Waals surface area contributed by atoms with Crippen molar-refractivity contribution in [2.75, 3.05) is 18.0 Å². The molecule has 1 fully saturated rings. The minimum absolute atomic E-state index is 0.368. The van der Waals surface area contributed by atoms with E-state index in [1.807, 2.05) is 20.0 Å². The van der Waals surface area contributed by atoms with Crippen molar-refractivity contribution < 1.29 is 0 Å². The number of anilines is 1. The van der Waals surface area contributed by atoms with E-state index in [4.69, 9.17) is 5.73 Å². The van der Waals surface area contributed by atoms with Crippen LogP contribution in [-0.2, 0) is 0 Å². The van der Waals surface area contributed by atoms with Crippen LogP contribution >= 0.6 is 0 Å². The lowest BCUT2D eigenvalue weighted by Gasteiger charge is -2.32. The monoisotopic (exact) mass is 206 g/mol. The summed E-state index contributed by atoms with van der Waals surface area (Å²) in [6, 6.07) is 0.368. The van der Waals surface area contributed by atoms with Gasteiger partial charge < -0.3 is 10.6 Å². The van der Waals surface area contributed by atoms with Gasteiger partial charge in [0, 0.05) is 19.1 Å². The highest BCUT2D eigenvalue weighted by atomic mass is 15.2. The molecule has 1 aliphatic heterocycles. The molecule has 2 N–H and O–H groups in total. The molecule has 0 amide bonds. The highest BCUT2D eigenvalue weighted by molar-refractivity contribution is 5.48. The van der Waals surface area contributed by atoms with E-state index in [2.05, 4.69) is 14.9 Å². The molecule has 15 heavy (non-hydrogen) atoms. The molecule has 2 rings (SSSR count). The van der Waals surface area contributed by atoms with Gasteiger partial charge in [0.15, 0.2) is 0 Å². The van der Waals surface area contributed by atoms with Crippen LogP contribution in [0.1, 0.15) is 24.4 Å². The van der Waals surface area contributed by atoms with Crippen LogP contribution in [0.15, 0.2) is 6.20 Å². The number of aryl methyl sites for hydroxylation is 2. The van der Waals surface area contributed by atoms with Crippen LogP contribution in [0, 0.1) is 13.8 Å². The SMILES string of the molecule is Cc1ncc(N2CCC(N)CC2)c(C)n1. The van der Waals surface area contributed by atoms with Gasteiger partial charge in [-0.3, -0.25) is 0 Å². The summed E-state index contributed by atoms with van der Waals surface area (Å²) >= 11 is 0. The van der Waals surface area contributed by atoms with Crippen molar-refractivity contribution in [3.8, 4) is 0 Å². The standard InChI is InChI=1S/C11H18N4/c1-8-11(7-13-9(2)14-8)15-5-3-10(12)4-6-15/h7,10H,3-6,12H2,1-2H3. The van der Waals surface area contributed by atoms with E-state index < -0.39 is 0 Å². The molecule has 0 bridgehead atoms. The molecule has 0 unspecified atom stereocenters. The Balaban J connectivity index is 2.15. The predicted octanol–water partition coefficient (Wildman–Crippen LogP) is 1.02. The molecule has 4 nitrogen and oxygen atoms in total. The number of hydrogen-bond acceptors (Lipinski definition) is 4. The van der Waals surface area contributed by atoms with Gasteiger partial charge in [-0.1, -0.05) is 0 Å². The van der Waals surface area contributed by atoms with Crippen molar-refractivity contribution >= 4 is 5.69 Å². The number of rotatable bonds is 1. The quantitative estimate of drug-likeness (QED) is 0.745. The Labute approximate surface area is 90.5 Å². The first-order valence-electron chi connectivity index (χ1n) is 5.47. The van der Waals surface area contributed by atoms with Crippen LogP contribution < -0.4 is 10.6 Å². The third-order valence-electron chi connectivity index (χ3n) is 2.95. The number of hydrogen-bond donors (Lipinski definition) is 1. The van der Waals surface area contributed by atoms with E-state index in [0.29, 0.717) is 6.04 Å². The summed E-state index contributed by atoms with van der Waals surface area (Å²) in [5.41, 5.74) is 8.11. The molecule has 0 atom stereocenters. The molecule has 0 radical (unpaired) electrons. The maximum atomic E-state index is 5.88. The highest BCUT2D eigenvalue weighted by Crippen LogP contribution is 2.21. The van der Waals surface area contributed by atoms with Crippen molar-refractivity contribution in [2.24, 2.45) is 5.73 Å². The van der Waals surface area contributed by atoms with E-state index in [1.54, 1.807) is 0 Å². The summed E-state index contributed by atoms with van der Waals surface area (Å²) in [6.45, 7) is 6.00. The number of nitrogens with zero attached hydrogens (tertiary/aromatic N) is 3. The molecular weight excluding hydrogens is 188 g/mol. The summed E-state index contributed by atoms with van der Waals surface area (Å²) in [4.78, 5) is 11.0. The normalized spacial score (nSPS) is 18.2. The Morgan fingerprint density at radius 2 is 2.00 bits per heavy atom. The molecule has 1 aromatic heterocycles. The van der Waals surface area contributed by atoms with Gasteiger partial charge in [0.2, 0.25) is 0 Å². The molecule has 1 aromatic rings. The fourth-order valence-electron chi connectivity index (χ4n) is 2.03. The van der Waals surface area contributed by atoms with Gasteiger partial charge >= 0.3 is 0 Å². The Kier molecular flexibility index (Phi) is 2.86. The van der Waals surface area contributed by atoms with Crippen molar-refractivity contribution in [1.29, 1.82) is 0 Å². The lowest BCUT2D eigenvalue weighted by molar-refractivity contribution is 0.500. The van der Waals surface area contributed by atoms with E-state index in [1.165, 1.54) is 0 Å². The average molecular weight is 206 g/mol. The lowest BCUT2D eigenvalue weighted by atomic mass is 10.1. The van der Waals surface area contributed by atoms with Crippen LogP contribution in [0.4, 0.5) is 5.69 Å². The van der Waals surface area contributed by atoms with Gasteiger partial charge in [0.25, 0.3) is 0 Å². The second kappa shape index (κ2) is 4.14. The summed E-state index contributed by atoms with van der Waals surface area (Å²) in [7, 11) is 0. The van der Waals surface area contributed by atoms with Gasteiger partial charge in [-0.2, -0.15) is 0 Å². The number of piperidine rings is 1. The summed E-state index contributed by atoms with van der Waals surface area (Å²) in [5.74, 6) is 0.838. The molecule has 0 spiro atoms. The van der Waals surface area contributed by atoms with Gasteiger partial charge in [-0.05, 0) is 26.7 Å². The number of nitrogens with two attached hydrogens (primary N) is 1. The first kappa shape index (κ1) is 10.4. The van der Waals surface area contributed by atoms with E-state index in [-0.39, 0.29) is 0 Å². The fraction of sp³-hybridized carbons (Fsp3) is 0.636. The molecule has 1 aliphatic rings. The van der Waals surface area contributed by atoms with Crippen LogP contribution in [-0.4, -0.2) is 29.1 Å². The zero-order valence-electron chi connectivity index (χ0n) is 9.40. The minimum atomic E-state index is 0.368. The molecule has 0 aromatic carbocycles. The predicted molar refractivity (Wildman–Crippen MR) is 60.9 cm³/mol. The van der Waals surface area contributed by atoms with Gasteiger partial charge in [0.1, 0.15) is 5.82 Å². The maximum absolute atomic E-state index is 5.88. The molecule has 4 heteroatoms. The number of aromatic nitrogens is 2. The van der Waals surface area contributed by atoms with Gasteiger partial charge in [-0.15, -0.1) is 0 Å². The Morgan fingerprint density at radius 1 is 1.33 bits per heavy atom. The van der Waals surface area contributed by atoms with Gasteiger partial charge in [0.05, 0.1) is 17.6 Å². The second-order valence-electron chi connectivity index (χ2n) is 4.21. The third-order valence-corrected chi connectivity index (χ3v) is 2.95. The first-order valence-corrected chi connectivity index (χ1v) is 5.47. The lowest BCUT2D eigenvalue weighted by Crippen LogP contribution is -2.40. The third kappa shape index (κ3) is 2.26. The van der Waals surface area contributed by atoms with Crippen molar-refractivity contribution in [1.82, 2.24) is 9.97 Å². The smallest absolute Gasteiger partial charge is 0.125 e. The largest absolute Gasteiger partial charge is 0.369 e. The Morgan fingerprint density at radius 3 is 2.60 bits per heavy atom. The Hall–Kier alpha value is -1.16. The second-order valence-corrected chi connectivity index (χ2v) is 4.21. The zero-order valence-corrected chi connectivity index (χ0v) is 9.40. The molecule has 2 heterocycles. The van der Waals surface area contributed by atoms with Crippen molar-refractivity contribution in [2.45, 2.75) is 32.7 Å². The summed E-state index contributed by atoms with van der Waals surface area (Å²) < 4.78 is 0. The van der Waals surface area contributed by atoms with Crippen LogP contribution in [0.5, 0.6) is 0 Å². The highest BCUT2D eigenvalue weighted by Gasteiger charge is 2.18. The van der Waals surface area contributed by atoms with Crippen LogP contribution in [0.2, 0.25) is 0 Å². The average Bonchev–Trinajstić information content (AvgIpc) is 2.20. The molecule has 0 aliphatic carbocycles. The molecular formula is C11H18N4. The molecule has 0 saturated carbocycles. The van der Waals surface area contributed by atoms with Crippen molar-refractivity contribution in [3.05, 3.63) is 17.7 Å². The van der Waals surface area contributed by atoms with Gasteiger partial charge in [-0.25, -0.2) is 9.97 Å². The van der Waals surface area contributed by atoms with E-state index in [0.717, 1.165) is 43.1 Å². The summed E-state index contributed by atoms with van der Waals surface area (Å²) in [6.07, 6.45) is 4.05. The molecule has 1 saturated heterocycles. The zero-order chi connectivity index (χ0) is 10.8. The topological polar surface area (TPSA) is 55.0 Å². The minimum Gasteiger partial charge on any atom is -0.369 e. The van der Waals surface area contributed by atoms with Crippen LogP contribution in [0.3, 0.4) is 0 Å². The van der Waals surface area contributed by atoms with Crippen LogP contribution in [0.25, 0.3) is 0 Å². The van der Waals surface area contributed by atoms with E-state index >= 15 is 0 Å². The van der Waals surface area contributed by atoms with Crippen molar-refractivity contribution in [3.63, 3.8) is 0 Å². The Bertz CT molecular complexity index is 342.